The highest BCUT2D eigenvalue weighted by Gasteiger charge is 2.34. The Bertz CT molecular complexity index is 645. The highest BCUT2D eigenvalue weighted by molar-refractivity contribution is 7.99. The Kier molecular flexibility index (Phi) is 3.48. The van der Waals surface area contributed by atoms with Gasteiger partial charge in [-0.15, -0.1) is 10.2 Å². The van der Waals surface area contributed by atoms with Crippen LogP contribution in [0.25, 0.3) is 0 Å². The zero-order chi connectivity index (χ0) is 14.0. The van der Waals surface area contributed by atoms with Gasteiger partial charge in [0.15, 0.2) is 0 Å². The number of benzene rings is 1. The number of halogens is 3. The van der Waals surface area contributed by atoms with E-state index in [4.69, 9.17) is 9.68 Å². The molecule has 4 nitrogen and oxygen atoms in total. The molecule has 0 radical (unpaired) electrons. The maximum Gasteiger partial charge on any atom is 0.417 e. The number of rotatable bonds is 2. The van der Waals surface area contributed by atoms with Gasteiger partial charge < -0.3 is 4.42 Å². The Morgan fingerprint density at radius 1 is 1.32 bits per heavy atom. The Balaban J connectivity index is 2.36. The molecule has 8 heteroatoms. The number of aryl methyl sites for hydroxylation is 1. The molecule has 98 valence electrons. The molecule has 0 aliphatic heterocycles. The molecule has 19 heavy (non-hydrogen) atoms. The Hall–Kier alpha value is -2.01. The van der Waals surface area contributed by atoms with Crippen molar-refractivity contribution >= 4 is 11.8 Å². The number of hydrogen-bond donors (Lipinski definition) is 0. The molecule has 2 rings (SSSR count). The quantitative estimate of drug-likeness (QED) is 0.846. The molecular formula is C11H6F3N3OS. The molecule has 2 aromatic rings. The molecule has 1 heterocycles. The van der Waals surface area contributed by atoms with Crippen LogP contribution in [0, 0.1) is 18.3 Å². The molecule has 0 saturated heterocycles. The molecule has 0 unspecified atom stereocenters. The molecule has 1 aromatic heterocycles. The third kappa shape index (κ3) is 3.06. The SMILES string of the molecule is Cc1nnc(Sc2ccc(C#N)c(C(F)(F)F)c2)o1. The fourth-order valence-electron chi connectivity index (χ4n) is 1.34. The largest absolute Gasteiger partial charge is 0.417 e. The molecule has 0 N–H and O–H groups in total. The number of aromatic nitrogens is 2. The standard InChI is InChI=1S/C11H6F3N3OS/c1-6-16-17-10(18-6)19-8-3-2-7(5-15)9(4-8)11(12,13)14/h2-4H,1H3. The molecule has 0 bridgehead atoms. The zero-order valence-corrected chi connectivity index (χ0v) is 10.3. The van der Waals surface area contributed by atoms with Crippen LogP contribution < -0.4 is 0 Å². The second-order valence-corrected chi connectivity index (χ2v) is 4.53. The van der Waals surface area contributed by atoms with Gasteiger partial charge in [-0.3, -0.25) is 0 Å². The van der Waals surface area contributed by atoms with Gasteiger partial charge >= 0.3 is 6.18 Å². The minimum Gasteiger partial charge on any atom is -0.416 e. The van der Waals surface area contributed by atoms with Crippen molar-refractivity contribution in [2.24, 2.45) is 0 Å². The summed E-state index contributed by atoms with van der Waals surface area (Å²) in [5, 5.41) is 16.1. The van der Waals surface area contributed by atoms with Crippen molar-refractivity contribution in [3.8, 4) is 6.07 Å². The fraction of sp³-hybridized carbons (Fsp3) is 0.182. The van der Waals surface area contributed by atoms with E-state index in [1.807, 2.05) is 0 Å². The summed E-state index contributed by atoms with van der Waals surface area (Å²) in [4.78, 5) is 0.273. The van der Waals surface area contributed by atoms with E-state index in [0.29, 0.717) is 5.89 Å². The summed E-state index contributed by atoms with van der Waals surface area (Å²) < 4.78 is 43.3. The lowest BCUT2D eigenvalue weighted by Gasteiger charge is -2.09. The van der Waals surface area contributed by atoms with Crippen LogP contribution in [0.15, 0.2) is 32.7 Å². The number of nitriles is 1. The summed E-state index contributed by atoms with van der Waals surface area (Å²) in [6.45, 7) is 1.58. The van der Waals surface area contributed by atoms with Crippen LogP contribution >= 0.6 is 11.8 Å². The van der Waals surface area contributed by atoms with Crippen molar-refractivity contribution in [3.63, 3.8) is 0 Å². The van der Waals surface area contributed by atoms with Gasteiger partial charge in [-0.2, -0.15) is 18.4 Å². The summed E-state index contributed by atoms with van der Waals surface area (Å²) in [5.74, 6) is 0.326. The average molecular weight is 285 g/mol. The first-order valence-electron chi connectivity index (χ1n) is 4.99. The van der Waals surface area contributed by atoms with Crippen molar-refractivity contribution in [3.05, 3.63) is 35.2 Å². The van der Waals surface area contributed by atoms with Crippen LogP contribution in [0.1, 0.15) is 17.0 Å². The van der Waals surface area contributed by atoms with Crippen LogP contribution in [-0.4, -0.2) is 10.2 Å². The van der Waals surface area contributed by atoms with E-state index in [0.717, 1.165) is 23.9 Å². The lowest BCUT2D eigenvalue weighted by molar-refractivity contribution is -0.137. The van der Waals surface area contributed by atoms with Crippen LogP contribution in [-0.2, 0) is 6.18 Å². The fourth-order valence-corrected chi connectivity index (χ4v) is 2.10. The number of alkyl halides is 3. The summed E-state index contributed by atoms with van der Waals surface area (Å²) in [6.07, 6.45) is -4.58. The van der Waals surface area contributed by atoms with Gasteiger partial charge in [-0.1, -0.05) is 0 Å². The van der Waals surface area contributed by atoms with Crippen molar-refractivity contribution in [1.82, 2.24) is 10.2 Å². The first kappa shape index (κ1) is 13.4. The predicted molar refractivity (Wildman–Crippen MR) is 59.3 cm³/mol. The van der Waals surface area contributed by atoms with Gasteiger partial charge in [0.1, 0.15) is 0 Å². The van der Waals surface area contributed by atoms with Crippen molar-refractivity contribution < 1.29 is 17.6 Å². The van der Waals surface area contributed by atoms with Gasteiger partial charge in [0, 0.05) is 11.8 Å². The monoisotopic (exact) mass is 285 g/mol. The molecule has 0 aliphatic carbocycles. The molecule has 0 atom stereocenters. The normalized spacial score (nSPS) is 11.3. The van der Waals surface area contributed by atoms with E-state index in [2.05, 4.69) is 10.2 Å². The van der Waals surface area contributed by atoms with E-state index < -0.39 is 17.3 Å². The van der Waals surface area contributed by atoms with Gasteiger partial charge in [0.2, 0.25) is 5.89 Å². The smallest absolute Gasteiger partial charge is 0.416 e. The molecule has 0 fully saturated rings. The second kappa shape index (κ2) is 4.93. The van der Waals surface area contributed by atoms with Gasteiger partial charge in [-0.25, -0.2) is 0 Å². The first-order valence-corrected chi connectivity index (χ1v) is 5.81. The van der Waals surface area contributed by atoms with E-state index in [-0.39, 0.29) is 10.1 Å². The summed E-state index contributed by atoms with van der Waals surface area (Å²) in [6, 6.07) is 4.93. The predicted octanol–water partition coefficient (Wildman–Crippen LogP) is 3.42. The van der Waals surface area contributed by atoms with Crippen LogP contribution in [0.3, 0.4) is 0 Å². The Morgan fingerprint density at radius 2 is 2.05 bits per heavy atom. The summed E-state index contributed by atoms with van der Waals surface area (Å²) >= 11 is 0.908. The Labute approximate surface area is 110 Å². The number of nitrogens with zero attached hydrogens (tertiary/aromatic N) is 3. The second-order valence-electron chi connectivity index (χ2n) is 3.51. The molecule has 0 saturated carbocycles. The van der Waals surface area contributed by atoms with Gasteiger partial charge in [-0.05, 0) is 30.0 Å². The van der Waals surface area contributed by atoms with Crippen LogP contribution in [0.4, 0.5) is 13.2 Å². The van der Waals surface area contributed by atoms with Crippen molar-refractivity contribution in [2.75, 3.05) is 0 Å². The van der Waals surface area contributed by atoms with Crippen LogP contribution in [0.2, 0.25) is 0 Å². The Morgan fingerprint density at radius 3 is 2.58 bits per heavy atom. The van der Waals surface area contributed by atoms with Gasteiger partial charge in [0.05, 0.1) is 17.2 Å². The van der Waals surface area contributed by atoms with E-state index in [1.165, 1.54) is 12.1 Å². The lowest BCUT2D eigenvalue weighted by atomic mass is 10.1. The maximum absolute atomic E-state index is 12.7. The molecule has 0 amide bonds. The van der Waals surface area contributed by atoms with Gasteiger partial charge in [0.25, 0.3) is 5.22 Å². The minimum absolute atomic E-state index is 0.148. The minimum atomic E-state index is -4.58. The van der Waals surface area contributed by atoms with Crippen molar-refractivity contribution in [2.45, 2.75) is 23.2 Å². The topological polar surface area (TPSA) is 62.7 Å². The van der Waals surface area contributed by atoms with E-state index in [1.54, 1.807) is 6.92 Å². The van der Waals surface area contributed by atoms with E-state index >= 15 is 0 Å². The molecule has 1 aromatic carbocycles. The average Bonchev–Trinajstić information content (AvgIpc) is 2.73. The molecule has 0 spiro atoms. The zero-order valence-electron chi connectivity index (χ0n) is 9.52. The summed E-state index contributed by atoms with van der Waals surface area (Å²) in [5.41, 5.74) is -1.39. The highest BCUT2D eigenvalue weighted by Crippen LogP contribution is 2.36. The van der Waals surface area contributed by atoms with E-state index in [9.17, 15) is 13.2 Å². The molecular weight excluding hydrogens is 279 g/mol. The highest BCUT2D eigenvalue weighted by atomic mass is 32.2. The first-order chi connectivity index (χ1) is 8.90. The third-order valence-electron chi connectivity index (χ3n) is 2.13. The number of hydrogen-bond acceptors (Lipinski definition) is 5. The van der Waals surface area contributed by atoms with Crippen LogP contribution in [0.5, 0.6) is 0 Å². The lowest BCUT2D eigenvalue weighted by Crippen LogP contribution is -2.07. The van der Waals surface area contributed by atoms with Crippen molar-refractivity contribution in [1.29, 1.82) is 5.26 Å². The third-order valence-corrected chi connectivity index (χ3v) is 2.96. The summed E-state index contributed by atoms with van der Waals surface area (Å²) in [7, 11) is 0. The molecule has 0 aliphatic rings. The maximum atomic E-state index is 12.7.